The fraction of sp³-hybridized carbons (Fsp3) is 0.375. The van der Waals surface area contributed by atoms with Crippen LogP contribution in [-0.2, 0) is 6.42 Å². The molecule has 0 atom stereocenters. The van der Waals surface area contributed by atoms with Gasteiger partial charge in [0.25, 0.3) is 5.56 Å². The number of halogens is 1. The van der Waals surface area contributed by atoms with E-state index in [1.54, 1.807) is 6.07 Å². The van der Waals surface area contributed by atoms with Gasteiger partial charge in [-0.3, -0.25) is 4.79 Å². The molecular formula is C16H17ClN2O2. The van der Waals surface area contributed by atoms with Crippen molar-refractivity contribution in [1.82, 2.24) is 9.97 Å². The van der Waals surface area contributed by atoms with Gasteiger partial charge in [-0.15, -0.1) is 0 Å². The first-order valence-corrected chi connectivity index (χ1v) is 7.58. The highest BCUT2D eigenvalue weighted by Gasteiger charge is 2.24. The number of H-pyrrole nitrogens is 1. The number of rotatable bonds is 3. The van der Waals surface area contributed by atoms with Crippen LogP contribution in [0.3, 0.4) is 0 Å². The Labute approximate surface area is 127 Å². The van der Waals surface area contributed by atoms with E-state index in [0.29, 0.717) is 22.8 Å². The van der Waals surface area contributed by atoms with Gasteiger partial charge in [-0.2, -0.15) is 4.98 Å². The molecule has 1 aliphatic rings. The monoisotopic (exact) mass is 304 g/mol. The molecule has 0 saturated heterocycles. The van der Waals surface area contributed by atoms with Crippen LogP contribution in [0.25, 0.3) is 0 Å². The average molecular weight is 305 g/mol. The molecular weight excluding hydrogens is 288 g/mol. The molecule has 2 aromatic rings. The predicted molar refractivity (Wildman–Crippen MR) is 82.0 cm³/mol. The number of nitrogens with zero attached hydrogens (tertiary/aromatic N) is 1. The zero-order valence-corrected chi connectivity index (χ0v) is 12.4. The van der Waals surface area contributed by atoms with Gasteiger partial charge in [0.1, 0.15) is 5.82 Å². The Morgan fingerprint density at radius 3 is 2.67 bits per heavy atom. The third-order valence-corrected chi connectivity index (χ3v) is 4.43. The van der Waals surface area contributed by atoms with Crippen LogP contribution < -0.4 is 5.56 Å². The van der Waals surface area contributed by atoms with E-state index in [9.17, 15) is 9.90 Å². The molecule has 3 rings (SSSR count). The number of aromatic hydroxyl groups is 1. The summed E-state index contributed by atoms with van der Waals surface area (Å²) >= 11 is 6.11. The summed E-state index contributed by atoms with van der Waals surface area (Å²) in [5, 5.41) is 10.7. The highest BCUT2D eigenvalue weighted by Crippen LogP contribution is 2.35. The van der Waals surface area contributed by atoms with Crippen molar-refractivity contribution >= 4 is 11.6 Å². The second-order valence-corrected chi connectivity index (χ2v) is 5.91. The van der Waals surface area contributed by atoms with Crippen molar-refractivity contribution in [2.75, 3.05) is 0 Å². The van der Waals surface area contributed by atoms with Gasteiger partial charge in [-0.25, -0.2) is 0 Å². The molecule has 5 heteroatoms. The van der Waals surface area contributed by atoms with Crippen LogP contribution in [0.5, 0.6) is 5.88 Å². The SMILES string of the molecule is O=c1[nH]c(Cc2ccccc2Cl)nc(O)c1C1CCCC1. The molecule has 110 valence electrons. The number of aromatic amines is 1. The molecule has 0 spiro atoms. The smallest absolute Gasteiger partial charge is 0.258 e. The van der Waals surface area contributed by atoms with E-state index in [1.807, 2.05) is 18.2 Å². The maximum atomic E-state index is 12.2. The number of hydrogen-bond donors (Lipinski definition) is 2. The first-order valence-electron chi connectivity index (χ1n) is 7.20. The lowest BCUT2D eigenvalue weighted by atomic mass is 10.00. The molecule has 0 bridgehead atoms. The molecule has 0 aliphatic heterocycles. The number of hydrogen-bond acceptors (Lipinski definition) is 3. The van der Waals surface area contributed by atoms with Crippen molar-refractivity contribution in [3.8, 4) is 5.88 Å². The molecule has 1 aromatic carbocycles. The summed E-state index contributed by atoms with van der Waals surface area (Å²) in [7, 11) is 0. The zero-order valence-electron chi connectivity index (χ0n) is 11.6. The van der Waals surface area contributed by atoms with Crippen LogP contribution in [0.4, 0.5) is 0 Å². The standard InChI is InChI=1S/C16H17ClN2O2/c17-12-8-4-3-7-11(12)9-13-18-15(20)14(16(21)19-13)10-5-1-2-6-10/h3-4,7-8,10H,1-2,5-6,9H2,(H2,18,19,20,21). The van der Waals surface area contributed by atoms with E-state index in [1.165, 1.54) is 0 Å². The molecule has 0 unspecified atom stereocenters. The molecule has 1 aliphatic carbocycles. The summed E-state index contributed by atoms with van der Waals surface area (Å²) in [4.78, 5) is 19.2. The normalized spacial score (nSPS) is 15.5. The van der Waals surface area contributed by atoms with Crippen LogP contribution in [0.1, 0.15) is 48.6 Å². The third kappa shape index (κ3) is 2.95. The summed E-state index contributed by atoms with van der Waals surface area (Å²) in [5.74, 6) is 0.440. The molecule has 4 nitrogen and oxygen atoms in total. The molecule has 1 saturated carbocycles. The van der Waals surface area contributed by atoms with Crippen molar-refractivity contribution in [3.63, 3.8) is 0 Å². The molecule has 1 heterocycles. The minimum absolute atomic E-state index is 0.132. The predicted octanol–water partition coefficient (Wildman–Crippen LogP) is 3.38. The zero-order chi connectivity index (χ0) is 14.8. The minimum atomic E-state index is -0.226. The van der Waals surface area contributed by atoms with Crippen LogP contribution in [0, 0.1) is 0 Å². The molecule has 0 radical (unpaired) electrons. The van der Waals surface area contributed by atoms with Crippen molar-refractivity contribution in [2.45, 2.75) is 38.0 Å². The lowest BCUT2D eigenvalue weighted by molar-refractivity contribution is 0.432. The van der Waals surface area contributed by atoms with Crippen molar-refractivity contribution in [2.24, 2.45) is 0 Å². The molecule has 21 heavy (non-hydrogen) atoms. The lowest BCUT2D eigenvalue weighted by Crippen LogP contribution is -2.19. The Balaban J connectivity index is 1.92. The lowest BCUT2D eigenvalue weighted by Gasteiger charge is -2.11. The maximum absolute atomic E-state index is 12.2. The Hall–Kier alpha value is -1.81. The number of aromatic nitrogens is 2. The number of benzene rings is 1. The highest BCUT2D eigenvalue weighted by atomic mass is 35.5. The minimum Gasteiger partial charge on any atom is -0.493 e. The van der Waals surface area contributed by atoms with Gasteiger partial charge in [0.15, 0.2) is 0 Å². The van der Waals surface area contributed by atoms with Crippen LogP contribution in [0.2, 0.25) is 5.02 Å². The summed E-state index contributed by atoms with van der Waals surface area (Å²) < 4.78 is 0. The topological polar surface area (TPSA) is 66.0 Å². The van der Waals surface area contributed by atoms with E-state index in [-0.39, 0.29) is 17.4 Å². The second kappa shape index (κ2) is 5.90. The van der Waals surface area contributed by atoms with Crippen LogP contribution >= 0.6 is 11.6 Å². The summed E-state index contributed by atoms with van der Waals surface area (Å²) in [5.41, 5.74) is 1.09. The summed E-state index contributed by atoms with van der Waals surface area (Å²) in [6.07, 6.45) is 4.49. The van der Waals surface area contributed by atoms with E-state index in [4.69, 9.17) is 11.6 Å². The first-order chi connectivity index (χ1) is 10.1. The van der Waals surface area contributed by atoms with Crippen molar-refractivity contribution < 1.29 is 5.11 Å². The van der Waals surface area contributed by atoms with E-state index in [0.717, 1.165) is 31.2 Å². The van der Waals surface area contributed by atoms with E-state index >= 15 is 0 Å². The average Bonchev–Trinajstić information content (AvgIpc) is 2.94. The van der Waals surface area contributed by atoms with Crippen molar-refractivity contribution in [1.29, 1.82) is 0 Å². The Kier molecular flexibility index (Phi) is 3.97. The molecule has 1 fully saturated rings. The summed E-state index contributed by atoms with van der Waals surface area (Å²) in [6.45, 7) is 0. The van der Waals surface area contributed by atoms with Gasteiger partial charge in [-0.1, -0.05) is 42.6 Å². The van der Waals surface area contributed by atoms with Crippen LogP contribution in [0.15, 0.2) is 29.1 Å². The Morgan fingerprint density at radius 2 is 2.00 bits per heavy atom. The van der Waals surface area contributed by atoms with Gasteiger partial charge in [-0.05, 0) is 30.4 Å². The van der Waals surface area contributed by atoms with Gasteiger partial charge >= 0.3 is 0 Å². The number of nitrogens with one attached hydrogen (secondary N) is 1. The largest absolute Gasteiger partial charge is 0.493 e. The third-order valence-electron chi connectivity index (χ3n) is 4.06. The summed E-state index contributed by atoms with van der Waals surface area (Å²) in [6, 6.07) is 7.40. The van der Waals surface area contributed by atoms with Gasteiger partial charge in [0.2, 0.25) is 5.88 Å². The van der Waals surface area contributed by atoms with Crippen molar-refractivity contribution in [3.05, 3.63) is 56.6 Å². The highest BCUT2D eigenvalue weighted by molar-refractivity contribution is 6.31. The van der Waals surface area contributed by atoms with E-state index in [2.05, 4.69) is 9.97 Å². The Bertz CT molecular complexity index is 706. The van der Waals surface area contributed by atoms with Gasteiger partial charge in [0, 0.05) is 11.4 Å². The van der Waals surface area contributed by atoms with Gasteiger partial charge < -0.3 is 10.1 Å². The van der Waals surface area contributed by atoms with E-state index < -0.39 is 0 Å². The molecule has 1 aromatic heterocycles. The molecule has 0 amide bonds. The first kappa shape index (κ1) is 14.1. The quantitative estimate of drug-likeness (QED) is 0.913. The van der Waals surface area contributed by atoms with Crippen LogP contribution in [-0.4, -0.2) is 15.1 Å². The Morgan fingerprint density at radius 1 is 1.29 bits per heavy atom. The maximum Gasteiger partial charge on any atom is 0.258 e. The second-order valence-electron chi connectivity index (χ2n) is 5.50. The van der Waals surface area contributed by atoms with Gasteiger partial charge in [0.05, 0.1) is 5.56 Å². The fourth-order valence-corrected chi connectivity index (χ4v) is 3.21. The fourth-order valence-electron chi connectivity index (χ4n) is 3.00. The molecule has 2 N–H and O–H groups in total.